The van der Waals surface area contributed by atoms with Gasteiger partial charge in [0.15, 0.2) is 6.10 Å². The van der Waals surface area contributed by atoms with E-state index in [4.69, 9.17) is 14.2 Å². The van der Waals surface area contributed by atoms with E-state index in [-0.39, 0.29) is 11.1 Å². The number of rotatable bonds is 11. The maximum Gasteiger partial charge on any atom is 0.335 e. The van der Waals surface area contributed by atoms with Crippen molar-refractivity contribution in [1.82, 2.24) is 0 Å². The molecule has 194 valence electrons. The fourth-order valence-corrected chi connectivity index (χ4v) is 3.69. The molecule has 0 aliphatic carbocycles. The number of anilines is 1. The Hall–Kier alpha value is -1.91. The van der Waals surface area contributed by atoms with E-state index < -0.39 is 36.7 Å². The molecule has 5 N–H and O–H groups in total. The van der Waals surface area contributed by atoms with Gasteiger partial charge >= 0.3 is 5.97 Å². The molecule has 1 fully saturated rings. The van der Waals surface area contributed by atoms with Crippen molar-refractivity contribution in [2.45, 2.75) is 116 Å². The zero-order valence-corrected chi connectivity index (χ0v) is 21.1. The second-order valence-corrected chi connectivity index (χ2v) is 10.6. The Morgan fingerprint density at radius 2 is 1.74 bits per heavy atom. The number of hydrogen-bond donors (Lipinski definition) is 5. The largest absolute Gasteiger partial charge is 0.479 e. The molecule has 0 bridgehead atoms. The molecule has 9 heteroatoms. The van der Waals surface area contributed by atoms with Crippen molar-refractivity contribution in [3.63, 3.8) is 0 Å². The van der Waals surface area contributed by atoms with Gasteiger partial charge < -0.3 is 40.0 Å². The van der Waals surface area contributed by atoms with Crippen molar-refractivity contribution >= 4 is 11.7 Å². The predicted octanol–water partition coefficient (Wildman–Crippen LogP) is 3.04. The van der Waals surface area contributed by atoms with E-state index in [1.54, 1.807) is 6.07 Å². The Kier molecular flexibility index (Phi) is 9.73. The predicted molar refractivity (Wildman–Crippen MR) is 128 cm³/mol. The molecule has 0 spiro atoms. The highest BCUT2D eigenvalue weighted by Crippen LogP contribution is 2.34. The van der Waals surface area contributed by atoms with Gasteiger partial charge in [-0.05, 0) is 58.7 Å². The number of benzene rings is 1. The van der Waals surface area contributed by atoms with Crippen molar-refractivity contribution in [1.29, 1.82) is 0 Å². The molecular weight excluding hydrogens is 442 g/mol. The van der Waals surface area contributed by atoms with Crippen LogP contribution < -0.4 is 10.1 Å². The van der Waals surface area contributed by atoms with Crippen LogP contribution in [0.3, 0.4) is 0 Å². The summed E-state index contributed by atoms with van der Waals surface area (Å²) in [6, 6.07) is 5.39. The summed E-state index contributed by atoms with van der Waals surface area (Å²) in [5.41, 5.74) is 0.936. The number of ether oxygens (including phenoxy) is 3. The van der Waals surface area contributed by atoms with Crippen LogP contribution in [0.25, 0.3) is 0 Å². The zero-order chi connectivity index (χ0) is 25.7. The summed E-state index contributed by atoms with van der Waals surface area (Å²) in [6.07, 6.45) is -4.18. The summed E-state index contributed by atoms with van der Waals surface area (Å²) >= 11 is 0. The van der Waals surface area contributed by atoms with Gasteiger partial charge in [0.1, 0.15) is 24.1 Å². The molecule has 5 unspecified atom stereocenters. The van der Waals surface area contributed by atoms with Crippen LogP contribution in [-0.2, 0) is 20.9 Å². The Balaban J connectivity index is 2.30. The zero-order valence-electron chi connectivity index (χ0n) is 21.1. The van der Waals surface area contributed by atoms with E-state index in [1.165, 1.54) is 0 Å². The minimum absolute atomic E-state index is 0.276. The molecule has 1 aliphatic heterocycles. The SMILES string of the molecule is CCCCCC(C)(C)Nc1cc(COC(C)(C)C)ccc1OC1OC(C(=O)O)C(O)C(O)C1O. The van der Waals surface area contributed by atoms with Crippen LogP contribution in [0, 0.1) is 0 Å². The first-order chi connectivity index (χ1) is 15.7. The molecule has 0 aromatic heterocycles. The maximum atomic E-state index is 11.4. The van der Waals surface area contributed by atoms with Gasteiger partial charge in [0, 0.05) is 5.54 Å². The van der Waals surface area contributed by atoms with E-state index in [0.717, 1.165) is 31.2 Å². The van der Waals surface area contributed by atoms with Crippen LogP contribution in [0.15, 0.2) is 18.2 Å². The van der Waals surface area contributed by atoms with E-state index in [0.29, 0.717) is 18.0 Å². The minimum atomic E-state index is -1.78. The topological polar surface area (TPSA) is 138 Å². The standard InChI is InChI=1S/C25H41NO8/c1-7-8-9-12-25(5,6)26-16-13-15(14-32-24(2,3)4)10-11-17(16)33-23-20(29)18(27)19(28)21(34-23)22(30)31/h10-11,13,18-21,23,26-29H,7-9,12,14H2,1-6H3,(H,30,31). The van der Waals surface area contributed by atoms with Gasteiger partial charge in [0.25, 0.3) is 0 Å². The number of carboxylic acids is 1. The smallest absolute Gasteiger partial charge is 0.335 e. The highest BCUT2D eigenvalue weighted by molar-refractivity contribution is 5.73. The van der Waals surface area contributed by atoms with Crippen molar-refractivity contribution in [2.24, 2.45) is 0 Å². The molecular formula is C25H41NO8. The van der Waals surface area contributed by atoms with Crippen LogP contribution in [0.5, 0.6) is 5.75 Å². The van der Waals surface area contributed by atoms with Gasteiger partial charge in [-0.2, -0.15) is 0 Å². The van der Waals surface area contributed by atoms with Gasteiger partial charge in [-0.3, -0.25) is 0 Å². The first-order valence-corrected chi connectivity index (χ1v) is 11.9. The third-order valence-electron chi connectivity index (χ3n) is 5.65. The van der Waals surface area contributed by atoms with Gasteiger partial charge in [-0.25, -0.2) is 4.79 Å². The van der Waals surface area contributed by atoms with E-state index in [1.807, 2.05) is 32.9 Å². The molecule has 9 nitrogen and oxygen atoms in total. The number of carbonyl (C=O) groups is 1. The van der Waals surface area contributed by atoms with Crippen LogP contribution in [0.4, 0.5) is 5.69 Å². The Bertz CT molecular complexity index is 807. The number of carboxylic acid groups (broad SMARTS) is 1. The summed E-state index contributed by atoms with van der Waals surface area (Å²) in [5, 5.41) is 43.2. The first-order valence-electron chi connectivity index (χ1n) is 11.9. The second kappa shape index (κ2) is 11.7. The maximum absolute atomic E-state index is 11.4. The highest BCUT2D eigenvalue weighted by Gasteiger charge is 2.48. The number of nitrogens with one attached hydrogen (secondary N) is 1. The minimum Gasteiger partial charge on any atom is -0.479 e. The Morgan fingerprint density at radius 1 is 1.06 bits per heavy atom. The third kappa shape index (κ3) is 8.09. The summed E-state index contributed by atoms with van der Waals surface area (Å²) in [4.78, 5) is 11.4. The van der Waals surface area contributed by atoms with Gasteiger partial charge in [0.05, 0.1) is 17.9 Å². The summed E-state index contributed by atoms with van der Waals surface area (Å²) in [5.74, 6) is -1.14. The number of aliphatic hydroxyl groups is 3. The van der Waals surface area contributed by atoms with Gasteiger partial charge in [-0.1, -0.05) is 32.3 Å². The number of aliphatic hydroxyl groups excluding tert-OH is 3. The quantitative estimate of drug-likeness (QED) is 0.301. The molecule has 1 aromatic carbocycles. The summed E-state index contributed by atoms with van der Waals surface area (Å²) in [7, 11) is 0. The fourth-order valence-electron chi connectivity index (χ4n) is 3.69. The molecule has 5 atom stereocenters. The van der Waals surface area contributed by atoms with Crippen molar-refractivity contribution < 1.29 is 39.4 Å². The number of unbranched alkanes of at least 4 members (excludes halogenated alkanes) is 2. The summed E-state index contributed by atoms with van der Waals surface area (Å²) in [6.45, 7) is 12.6. The Labute approximate surface area is 202 Å². The highest BCUT2D eigenvalue weighted by atomic mass is 16.7. The average molecular weight is 484 g/mol. The van der Waals surface area contributed by atoms with E-state index >= 15 is 0 Å². The summed E-state index contributed by atoms with van der Waals surface area (Å²) < 4.78 is 17.1. The molecule has 1 saturated heterocycles. The lowest BCUT2D eigenvalue weighted by molar-refractivity contribution is -0.271. The first kappa shape index (κ1) is 28.3. The average Bonchev–Trinajstić information content (AvgIpc) is 2.73. The van der Waals surface area contributed by atoms with Gasteiger partial charge in [0.2, 0.25) is 6.29 Å². The van der Waals surface area contributed by atoms with E-state index in [9.17, 15) is 25.2 Å². The van der Waals surface area contributed by atoms with Crippen LogP contribution in [-0.4, -0.2) is 68.2 Å². The van der Waals surface area contributed by atoms with Crippen molar-refractivity contribution in [2.75, 3.05) is 5.32 Å². The third-order valence-corrected chi connectivity index (χ3v) is 5.65. The molecule has 1 heterocycles. The van der Waals surface area contributed by atoms with Gasteiger partial charge in [-0.15, -0.1) is 0 Å². The lowest BCUT2D eigenvalue weighted by atomic mass is 9.96. The monoisotopic (exact) mass is 483 g/mol. The number of hydrogen-bond acceptors (Lipinski definition) is 8. The van der Waals surface area contributed by atoms with Crippen molar-refractivity contribution in [3.8, 4) is 5.75 Å². The van der Waals surface area contributed by atoms with Crippen molar-refractivity contribution in [3.05, 3.63) is 23.8 Å². The molecule has 1 aliphatic rings. The number of aliphatic carboxylic acids is 1. The fraction of sp³-hybridized carbons (Fsp3) is 0.720. The van der Waals surface area contributed by atoms with Crippen LogP contribution >= 0.6 is 0 Å². The molecule has 34 heavy (non-hydrogen) atoms. The lowest BCUT2D eigenvalue weighted by Gasteiger charge is -2.39. The normalized spacial score (nSPS) is 25.7. The molecule has 2 rings (SSSR count). The van der Waals surface area contributed by atoms with Crippen LogP contribution in [0.1, 0.15) is 72.8 Å². The Morgan fingerprint density at radius 3 is 2.32 bits per heavy atom. The second-order valence-electron chi connectivity index (χ2n) is 10.6. The molecule has 0 amide bonds. The van der Waals surface area contributed by atoms with Crippen LogP contribution in [0.2, 0.25) is 0 Å². The molecule has 0 radical (unpaired) electrons. The lowest BCUT2D eigenvalue weighted by Crippen LogP contribution is -2.61. The van der Waals surface area contributed by atoms with E-state index in [2.05, 4.69) is 26.1 Å². The molecule has 0 saturated carbocycles. The molecule has 1 aromatic rings.